The number of benzene rings is 3. The first-order chi connectivity index (χ1) is 19.9. The molecule has 0 spiro atoms. The van der Waals surface area contributed by atoms with Crippen molar-refractivity contribution in [2.24, 2.45) is 0 Å². The molecule has 10 nitrogen and oxygen atoms in total. The number of likely N-dealkylation sites (N-methyl/N-ethyl adjacent to an activating group) is 1. The van der Waals surface area contributed by atoms with E-state index < -0.39 is 24.0 Å². The van der Waals surface area contributed by atoms with E-state index in [9.17, 15) is 19.5 Å². The van der Waals surface area contributed by atoms with Crippen LogP contribution in [-0.2, 0) is 22.6 Å². The van der Waals surface area contributed by atoms with Crippen LogP contribution < -0.4 is 10.6 Å². The third-order valence-corrected chi connectivity index (χ3v) is 6.99. The van der Waals surface area contributed by atoms with E-state index in [1.165, 1.54) is 0 Å². The number of carboxylic acid groups (broad SMARTS) is 1. The summed E-state index contributed by atoms with van der Waals surface area (Å²) in [4.78, 5) is 43.1. The molecule has 0 radical (unpaired) electrons. The minimum absolute atomic E-state index is 0.0706. The second kappa shape index (κ2) is 12.5. The third kappa shape index (κ3) is 6.44. The Hall–Kier alpha value is -4.96. The first-order valence-corrected chi connectivity index (χ1v) is 13.2. The van der Waals surface area contributed by atoms with E-state index in [0.29, 0.717) is 6.54 Å². The number of hydrogen-bond acceptors (Lipinski definition) is 7. The highest BCUT2D eigenvalue weighted by Crippen LogP contribution is 2.44. The van der Waals surface area contributed by atoms with Gasteiger partial charge in [-0.25, -0.2) is 14.6 Å². The van der Waals surface area contributed by atoms with Gasteiger partial charge in [0.25, 0.3) is 5.91 Å². The molecule has 2 amide bonds. The first kappa shape index (κ1) is 27.6. The summed E-state index contributed by atoms with van der Waals surface area (Å²) in [5.74, 6) is -1.91. The Kier molecular flexibility index (Phi) is 8.40. The van der Waals surface area contributed by atoms with Crippen molar-refractivity contribution < 1.29 is 28.6 Å². The van der Waals surface area contributed by atoms with Crippen molar-refractivity contribution in [1.29, 1.82) is 0 Å². The number of rotatable bonds is 11. The van der Waals surface area contributed by atoms with Crippen LogP contribution in [0.5, 0.6) is 0 Å². The van der Waals surface area contributed by atoms with E-state index in [1.807, 2.05) is 66.7 Å². The SMILES string of the molecule is CN(Cc1ccccc1)CC(NC(=O)c1ncoc1CNC(=O)OCC1c2ccccc2-c2ccccc21)C(=O)O. The molecule has 5 rings (SSSR count). The van der Waals surface area contributed by atoms with Crippen LogP contribution in [0.3, 0.4) is 0 Å². The first-order valence-electron chi connectivity index (χ1n) is 13.2. The van der Waals surface area contributed by atoms with Crippen molar-refractivity contribution >= 4 is 18.0 Å². The molecule has 0 fully saturated rings. The van der Waals surface area contributed by atoms with Crippen LogP contribution in [0.1, 0.15) is 38.9 Å². The van der Waals surface area contributed by atoms with E-state index in [0.717, 1.165) is 34.2 Å². The Morgan fingerprint density at radius 3 is 2.27 bits per heavy atom. The summed E-state index contributed by atoms with van der Waals surface area (Å²) >= 11 is 0. The maximum Gasteiger partial charge on any atom is 0.407 e. The van der Waals surface area contributed by atoms with Gasteiger partial charge in [0.15, 0.2) is 17.8 Å². The van der Waals surface area contributed by atoms with E-state index in [1.54, 1.807) is 11.9 Å². The van der Waals surface area contributed by atoms with E-state index in [-0.39, 0.29) is 37.1 Å². The predicted octanol–water partition coefficient (Wildman–Crippen LogP) is 4.03. The molecule has 4 aromatic rings. The molecule has 3 N–H and O–H groups in total. The molecule has 0 saturated carbocycles. The van der Waals surface area contributed by atoms with Crippen molar-refractivity contribution in [2.45, 2.75) is 25.0 Å². The molecule has 3 aromatic carbocycles. The quantitative estimate of drug-likeness (QED) is 0.253. The minimum Gasteiger partial charge on any atom is -0.480 e. The van der Waals surface area contributed by atoms with Crippen LogP contribution >= 0.6 is 0 Å². The van der Waals surface area contributed by atoms with Gasteiger partial charge in [0.2, 0.25) is 0 Å². The summed E-state index contributed by atoms with van der Waals surface area (Å²) in [7, 11) is 1.77. The van der Waals surface area contributed by atoms with Gasteiger partial charge in [-0.1, -0.05) is 78.9 Å². The van der Waals surface area contributed by atoms with Gasteiger partial charge >= 0.3 is 12.1 Å². The highest BCUT2D eigenvalue weighted by Gasteiger charge is 2.29. The molecule has 1 heterocycles. The number of carbonyl (C=O) groups is 3. The van der Waals surface area contributed by atoms with Crippen molar-refractivity contribution in [3.05, 3.63) is 113 Å². The largest absolute Gasteiger partial charge is 0.480 e. The van der Waals surface area contributed by atoms with Crippen LogP contribution in [0.15, 0.2) is 89.7 Å². The monoisotopic (exact) mass is 554 g/mol. The molecular weight excluding hydrogens is 524 g/mol. The molecule has 0 saturated heterocycles. The number of nitrogens with zero attached hydrogens (tertiary/aromatic N) is 2. The van der Waals surface area contributed by atoms with Crippen molar-refractivity contribution in [3.8, 4) is 11.1 Å². The number of alkyl carbamates (subject to hydrolysis) is 1. The van der Waals surface area contributed by atoms with Gasteiger partial charge in [0.05, 0.1) is 6.54 Å². The maximum absolute atomic E-state index is 12.9. The summed E-state index contributed by atoms with van der Waals surface area (Å²) in [5.41, 5.74) is 5.35. The molecule has 1 aliphatic rings. The number of nitrogens with one attached hydrogen (secondary N) is 2. The zero-order chi connectivity index (χ0) is 28.8. The number of aromatic nitrogens is 1. The highest BCUT2D eigenvalue weighted by molar-refractivity contribution is 5.95. The molecular formula is C31H30N4O6. The summed E-state index contributed by atoms with van der Waals surface area (Å²) < 4.78 is 10.8. The topological polar surface area (TPSA) is 134 Å². The number of aliphatic carboxylic acids is 1. The second-order valence-electron chi connectivity index (χ2n) is 9.85. The third-order valence-electron chi connectivity index (χ3n) is 6.99. The number of hydrogen-bond donors (Lipinski definition) is 3. The average Bonchev–Trinajstić information content (AvgIpc) is 3.58. The van der Waals surface area contributed by atoms with Gasteiger partial charge in [-0.2, -0.15) is 0 Å². The average molecular weight is 555 g/mol. The normalized spacial score (nSPS) is 12.8. The fourth-order valence-corrected chi connectivity index (χ4v) is 5.07. The van der Waals surface area contributed by atoms with E-state index in [4.69, 9.17) is 9.15 Å². The molecule has 0 bridgehead atoms. The van der Waals surface area contributed by atoms with Gasteiger partial charge in [-0.3, -0.25) is 9.69 Å². The van der Waals surface area contributed by atoms with Gasteiger partial charge in [-0.05, 0) is 34.9 Å². The number of amides is 2. The number of carboxylic acids is 1. The molecule has 10 heteroatoms. The lowest BCUT2D eigenvalue weighted by atomic mass is 9.98. The lowest BCUT2D eigenvalue weighted by Gasteiger charge is -2.22. The van der Waals surface area contributed by atoms with Crippen LogP contribution in [0.25, 0.3) is 11.1 Å². The molecule has 210 valence electrons. The Balaban J connectivity index is 1.15. The standard InChI is InChI=1S/C31H30N4O6/c1-35(16-20-9-3-2-4-10-20)17-26(30(37)38)34-29(36)28-27(41-19-33-28)15-32-31(39)40-18-25-23-13-7-5-11-21(23)22-12-6-8-14-24(22)25/h2-14,19,25-26H,15-18H2,1H3,(H,32,39)(H,34,36)(H,37,38). The molecule has 0 aliphatic heterocycles. The van der Waals surface area contributed by atoms with Crippen molar-refractivity contribution in [3.63, 3.8) is 0 Å². The minimum atomic E-state index is -1.18. The van der Waals surface area contributed by atoms with Gasteiger partial charge < -0.3 is 24.9 Å². The van der Waals surface area contributed by atoms with E-state index in [2.05, 4.69) is 27.8 Å². The Bertz CT molecular complexity index is 1490. The van der Waals surface area contributed by atoms with E-state index >= 15 is 0 Å². The van der Waals surface area contributed by atoms with Crippen LogP contribution in [0.2, 0.25) is 0 Å². The fraction of sp³-hybridized carbons (Fsp3) is 0.226. The molecule has 1 aliphatic carbocycles. The predicted molar refractivity (Wildman–Crippen MR) is 150 cm³/mol. The van der Waals surface area contributed by atoms with Crippen LogP contribution in [-0.4, -0.2) is 59.2 Å². The molecule has 1 aromatic heterocycles. The maximum atomic E-state index is 12.9. The van der Waals surface area contributed by atoms with Crippen LogP contribution in [0.4, 0.5) is 4.79 Å². The lowest BCUT2D eigenvalue weighted by Crippen LogP contribution is -2.47. The Labute approximate surface area is 237 Å². The zero-order valence-corrected chi connectivity index (χ0v) is 22.4. The van der Waals surface area contributed by atoms with Gasteiger partial charge in [0.1, 0.15) is 12.6 Å². The number of ether oxygens (including phenoxy) is 1. The highest BCUT2D eigenvalue weighted by atomic mass is 16.5. The Morgan fingerprint density at radius 1 is 0.976 bits per heavy atom. The smallest absolute Gasteiger partial charge is 0.407 e. The van der Waals surface area contributed by atoms with Gasteiger partial charge in [-0.15, -0.1) is 0 Å². The lowest BCUT2D eigenvalue weighted by molar-refractivity contribution is -0.139. The summed E-state index contributed by atoms with van der Waals surface area (Å²) in [6.45, 7) is 0.562. The summed E-state index contributed by atoms with van der Waals surface area (Å²) in [6.07, 6.45) is 0.390. The summed E-state index contributed by atoms with van der Waals surface area (Å²) in [6, 6.07) is 24.5. The van der Waals surface area contributed by atoms with Crippen molar-refractivity contribution in [1.82, 2.24) is 20.5 Å². The fourth-order valence-electron chi connectivity index (χ4n) is 5.07. The number of fused-ring (bicyclic) bond motifs is 3. The van der Waals surface area contributed by atoms with Crippen molar-refractivity contribution in [2.75, 3.05) is 20.2 Å². The van der Waals surface area contributed by atoms with Crippen LogP contribution in [0, 0.1) is 0 Å². The van der Waals surface area contributed by atoms with Gasteiger partial charge in [0, 0.05) is 19.0 Å². The number of oxazole rings is 1. The second-order valence-corrected chi connectivity index (χ2v) is 9.85. The zero-order valence-electron chi connectivity index (χ0n) is 22.4. The molecule has 41 heavy (non-hydrogen) atoms. The molecule has 1 atom stereocenters. The summed E-state index contributed by atoms with van der Waals surface area (Å²) in [5, 5.41) is 14.8. The molecule has 1 unspecified atom stereocenters. The number of carbonyl (C=O) groups excluding carboxylic acids is 2. The Morgan fingerprint density at radius 2 is 1.61 bits per heavy atom.